The molecule has 0 saturated carbocycles. The van der Waals surface area contributed by atoms with E-state index in [0.717, 1.165) is 141 Å². The summed E-state index contributed by atoms with van der Waals surface area (Å²) in [6.45, 7) is 6.48. The molecule has 0 aromatic heterocycles. The summed E-state index contributed by atoms with van der Waals surface area (Å²) in [4.78, 5) is 38.4. The van der Waals surface area contributed by atoms with Gasteiger partial charge < -0.3 is 14.2 Å². The highest BCUT2D eigenvalue weighted by Crippen LogP contribution is 2.16. The standard InChI is InChI=1S/C77H130O6/c1-4-7-10-13-16-19-22-25-28-30-32-34-36-37-38-39-41-42-44-46-49-52-55-58-61-64-67-70-76(79)82-73-74(72-81-75(78)69-66-63-60-57-54-51-48-27-24-21-18-15-12-9-6-3)83-77(80)71-68-65-62-59-56-53-50-47-45-43-40-35-33-31-29-26-23-20-17-14-11-8-5-2/h8,11,17-18,20-22,25-27,29-30,32-33,35,43,45,48,50,53,74H,4-7,9-10,12-16,19,23-24,28,31,34,36-42,44,46-47,49,51-52,54-73H2,1-3H3/b11-8-,20-17-,21-18-,25-22-,29-26-,32-30-,35-33-,45-43-,48-27-,53-50-. The van der Waals surface area contributed by atoms with Crippen LogP contribution in [0.3, 0.4) is 0 Å². The van der Waals surface area contributed by atoms with Crippen LogP contribution in [0.4, 0.5) is 0 Å². The van der Waals surface area contributed by atoms with E-state index in [1.165, 1.54) is 148 Å². The highest BCUT2D eigenvalue weighted by Gasteiger charge is 2.19. The van der Waals surface area contributed by atoms with Crippen molar-refractivity contribution in [1.82, 2.24) is 0 Å². The maximum Gasteiger partial charge on any atom is 0.306 e. The molecule has 0 aliphatic rings. The minimum atomic E-state index is -0.803. The Morgan fingerprint density at radius 3 is 0.759 bits per heavy atom. The Bertz CT molecular complexity index is 1700. The summed E-state index contributed by atoms with van der Waals surface area (Å²) in [6.07, 6.45) is 97.9. The highest BCUT2D eigenvalue weighted by molar-refractivity contribution is 5.71. The van der Waals surface area contributed by atoms with Gasteiger partial charge in [0.15, 0.2) is 6.10 Å². The molecule has 0 aliphatic heterocycles. The Morgan fingerprint density at radius 2 is 0.470 bits per heavy atom. The van der Waals surface area contributed by atoms with Gasteiger partial charge in [-0.1, -0.05) is 296 Å². The summed E-state index contributed by atoms with van der Waals surface area (Å²) >= 11 is 0. The first-order valence-electron chi connectivity index (χ1n) is 35.0. The van der Waals surface area contributed by atoms with Crippen LogP contribution in [0.15, 0.2) is 122 Å². The third-order valence-electron chi connectivity index (χ3n) is 14.9. The predicted octanol–water partition coefficient (Wildman–Crippen LogP) is 24.3. The number of ether oxygens (including phenoxy) is 3. The van der Waals surface area contributed by atoms with Crippen LogP contribution < -0.4 is 0 Å². The van der Waals surface area contributed by atoms with Crippen LogP contribution in [-0.4, -0.2) is 37.2 Å². The number of hydrogen-bond acceptors (Lipinski definition) is 6. The van der Waals surface area contributed by atoms with Crippen molar-refractivity contribution in [2.45, 2.75) is 335 Å². The van der Waals surface area contributed by atoms with Gasteiger partial charge in [0.2, 0.25) is 0 Å². The van der Waals surface area contributed by atoms with E-state index in [0.29, 0.717) is 19.3 Å². The summed E-state index contributed by atoms with van der Waals surface area (Å²) in [5.41, 5.74) is 0. The minimum Gasteiger partial charge on any atom is -0.462 e. The van der Waals surface area contributed by atoms with Gasteiger partial charge in [-0.2, -0.15) is 0 Å². The van der Waals surface area contributed by atoms with Gasteiger partial charge in [0.05, 0.1) is 0 Å². The molecule has 0 N–H and O–H groups in total. The van der Waals surface area contributed by atoms with Gasteiger partial charge in [-0.25, -0.2) is 0 Å². The summed E-state index contributed by atoms with van der Waals surface area (Å²) in [7, 11) is 0. The smallest absolute Gasteiger partial charge is 0.306 e. The lowest BCUT2D eigenvalue weighted by molar-refractivity contribution is -0.167. The van der Waals surface area contributed by atoms with Crippen LogP contribution in [0.5, 0.6) is 0 Å². The van der Waals surface area contributed by atoms with Crippen molar-refractivity contribution in [2.75, 3.05) is 13.2 Å². The first kappa shape index (κ1) is 78.8. The predicted molar refractivity (Wildman–Crippen MR) is 362 cm³/mol. The number of rotatable bonds is 63. The molecule has 0 fully saturated rings. The van der Waals surface area contributed by atoms with Gasteiger partial charge >= 0.3 is 17.9 Å². The quantitative estimate of drug-likeness (QED) is 0.0261. The molecule has 0 heterocycles. The normalized spacial score (nSPS) is 12.9. The second kappa shape index (κ2) is 70.3. The SMILES string of the molecule is CC/C=C\C/C=C\C/C=C\C/C=C\C/C=C\C/C=C\CCCCCCC(=O)OC(COC(=O)CCCCCCC/C=C\C/C=C\CCCCC)COC(=O)CCCCCCCCCCCCCCCCC/C=C\C/C=C\CCCCCCC. The molecule has 0 spiro atoms. The third-order valence-corrected chi connectivity index (χ3v) is 14.9. The second-order valence-electron chi connectivity index (χ2n) is 23.1. The maximum absolute atomic E-state index is 12.9. The largest absolute Gasteiger partial charge is 0.462 e. The van der Waals surface area contributed by atoms with Gasteiger partial charge in [0, 0.05) is 19.3 Å². The van der Waals surface area contributed by atoms with Crippen molar-refractivity contribution in [2.24, 2.45) is 0 Å². The molecule has 0 radical (unpaired) electrons. The zero-order chi connectivity index (χ0) is 59.9. The number of hydrogen-bond donors (Lipinski definition) is 0. The monoisotopic (exact) mass is 1150 g/mol. The van der Waals surface area contributed by atoms with E-state index in [2.05, 4.69) is 142 Å². The third kappa shape index (κ3) is 68.5. The molecular weight excluding hydrogens is 1020 g/mol. The van der Waals surface area contributed by atoms with Crippen molar-refractivity contribution in [3.63, 3.8) is 0 Å². The van der Waals surface area contributed by atoms with Crippen LogP contribution in [0, 0.1) is 0 Å². The molecule has 0 bridgehead atoms. The first-order chi connectivity index (χ1) is 41.0. The summed E-state index contributed by atoms with van der Waals surface area (Å²) in [5, 5.41) is 0. The summed E-state index contributed by atoms with van der Waals surface area (Å²) in [5.74, 6) is -0.924. The number of allylic oxidation sites excluding steroid dienone is 20. The number of esters is 3. The van der Waals surface area contributed by atoms with E-state index < -0.39 is 6.10 Å². The van der Waals surface area contributed by atoms with Crippen LogP contribution in [0.2, 0.25) is 0 Å². The summed E-state index contributed by atoms with van der Waals surface area (Å²) < 4.78 is 17.0. The van der Waals surface area contributed by atoms with Crippen molar-refractivity contribution in [3.8, 4) is 0 Å². The molecule has 1 atom stereocenters. The van der Waals surface area contributed by atoms with Crippen molar-refractivity contribution in [3.05, 3.63) is 122 Å². The number of carbonyl (C=O) groups excluding carboxylic acids is 3. The lowest BCUT2D eigenvalue weighted by Crippen LogP contribution is -2.30. The van der Waals surface area contributed by atoms with E-state index in [4.69, 9.17) is 14.2 Å². The number of carbonyl (C=O) groups is 3. The highest BCUT2D eigenvalue weighted by atomic mass is 16.6. The topological polar surface area (TPSA) is 78.9 Å². The van der Waals surface area contributed by atoms with Gasteiger partial charge in [0.25, 0.3) is 0 Å². The lowest BCUT2D eigenvalue weighted by atomic mass is 10.0. The Morgan fingerprint density at radius 1 is 0.253 bits per heavy atom. The molecule has 0 amide bonds. The van der Waals surface area contributed by atoms with E-state index in [9.17, 15) is 14.4 Å². The van der Waals surface area contributed by atoms with Gasteiger partial charge in [-0.05, 0) is 135 Å². The van der Waals surface area contributed by atoms with Crippen molar-refractivity contribution in [1.29, 1.82) is 0 Å². The number of unbranched alkanes of at least 4 members (excludes halogenated alkanes) is 32. The molecule has 6 nitrogen and oxygen atoms in total. The Balaban J connectivity index is 4.38. The Labute approximate surface area is 513 Å². The van der Waals surface area contributed by atoms with Crippen LogP contribution >= 0.6 is 0 Å². The molecule has 0 aromatic rings. The average molecular weight is 1150 g/mol. The zero-order valence-electron chi connectivity index (χ0n) is 54.4. The molecule has 1 unspecified atom stereocenters. The Kier molecular flexibility index (Phi) is 66.7. The zero-order valence-corrected chi connectivity index (χ0v) is 54.4. The molecule has 83 heavy (non-hydrogen) atoms. The average Bonchev–Trinajstić information content (AvgIpc) is 3.49. The first-order valence-corrected chi connectivity index (χ1v) is 35.0. The van der Waals surface area contributed by atoms with E-state index in [1.807, 2.05) is 0 Å². The van der Waals surface area contributed by atoms with Crippen LogP contribution in [0.25, 0.3) is 0 Å². The molecule has 0 aliphatic carbocycles. The van der Waals surface area contributed by atoms with E-state index in [-0.39, 0.29) is 31.1 Å². The van der Waals surface area contributed by atoms with E-state index >= 15 is 0 Å². The molecule has 0 rings (SSSR count). The molecular formula is C77H130O6. The van der Waals surface area contributed by atoms with E-state index in [1.54, 1.807) is 0 Å². The molecule has 474 valence electrons. The van der Waals surface area contributed by atoms with Gasteiger partial charge in [-0.15, -0.1) is 0 Å². The molecule has 6 heteroatoms. The van der Waals surface area contributed by atoms with Crippen LogP contribution in [-0.2, 0) is 28.6 Å². The minimum absolute atomic E-state index is 0.0941. The fraction of sp³-hybridized carbons (Fsp3) is 0.701. The molecule has 0 aromatic carbocycles. The lowest BCUT2D eigenvalue weighted by Gasteiger charge is -2.18. The van der Waals surface area contributed by atoms with Gasteiger partial charge in [0.1, 0.15) is 13.2 Å². The second-order valence-corrected chi connectivity index (χ2v) is 23.1. The van der Waals surface area contributed by atoms with Crippen LogP contribution in [0.1, 0.15) is 329 Å². The van der Waals surface area contributed by atoms with Gasteiger partial charge in [-0.3, -0.25) is 14.4 Å². The maximum atomic E-state index is 12.9. The Hall–Kier alpha value is -4.19. The van der Waals surface area contributed by atoms with Crippen molar-refractivity contribution >= 4 is 17.9 Å². The fourth-order valence-electron chi connectivity index (χ4n) is 9.68. The van der Waals surface area contributed by atoms with Crippen molar-refractivity contribution < 1.29 is 28.6 Å². The summed E-state index contributed by atoms with van der Waals surface area (Å²) in [6, 6.07) is 0. The molecule has 0 saturated heterocycles. The fourth-order valence-corrected chi connectivity index (χ4v) is 9.68.